The molecule has 3 aromatic rings. The summed E-state index contributed by atoms with van der Waals surface area (Å²) in [6.07, 6.45) is 0. The maximum atomic E-state index is 13.8. The number of hydrogen-bond acceptors (Lipinski definition) is 5. The molecule has 32 heavy (non-hydrogen) atoms. The van der Waals surface area contributed by atoms with Gasteiger partial charge in [0.1, 0.15) is 17.3 Å². The number of benzene rings is 3. The van der Waals surface area contributed by atoms with Crippen LogP contribution in [-0.4, -0.2) is 28.5 Å². The molecule has 168 valence electrons. The van der Waals surface area contributed by atoms with Crippen molar-refractivity contribution in [2.75, 3.05) is 18.9 Å². The molecular formula is C23H23FN2O5S. The second-order valence-corrected chi connectivity index (χ2v) is 8.60. The summed E-state index contributed by atoms with van der Waals surface area (Å²) in [5.74, 6) is 0.124. The van der Waals surface area contributed by atoms with E-state index in [-0.39, 0.29) is 28.1 Å². The average Bonchev–Trinajstić information content (AvgIpc) is 2.80. The minimum Gasteiger partial charge on any atom is -0.497 e. The average molecular weight is 459 g/mol. The summed E-state index contributed by atoms with van der Waals surface area (Å²) in [6, 6.07) is 15.7. The Kier molecular flexibility index (Phi) is 6.99. The number of para-hydroxylation sites is 1. The van der Waals surface area contributed by atoms with Gasteiger partial charge in [-0.3, -0.25) is 9.52 Å². The number of anilines is 1. The molecule has 0 bridgehead atoms. The van der Waals surface area contributed by atoms with Crippen LogP contribution in [0.1, 0.15) is 28.9 Å². The van der Waals surface area contributed by atoms with Crippen LogP contribution in [0.15, 0.2) is 71.6 Å². The first-order chi connectivity index (χ1) is 15.2. The van der Waals surface area contributed by atoms with Gasteiger partial charge < -0.3 is 14.8 Å². The lowest BCUT2D eigenvalue weighted by atomic mass is 10.1. The molecule has 0 saturated carbocycles. The summed E-state index contributed by atoms with van der Waals surface area (Å²) >= 11 is 0. The van der Waals surface area contributed by atoms with Gasteiger partial charge in [-0.1, -0.05) is 12.1 Å². The highest BCUT2D eigenvalue weighted by molar-refractivity contribution is 7.92. The molecule has 1 amide bonds. The summed E-state index contributed by atoms with van der Waals surface area (Å²) in [5.41, 5.74) is 0.876. The number of methoxy groups -OCH3 is 2. The molecule has 0 saturated heterocycles. The number of carbonyl (C=O) groups excluding carboxylic acids is 1. The summed E-state index contributed by atoms with van der Waals surface area (Å²) in [6.45, 7) is 1.80. The topological polar surface area (TPSA) is 93.7 Å². The molecule has 3 rings (SSSR count). The quantitative estimate of drug-likeness (QED) is 0.529. The fourth-order valence-electron chi connectivity index (χ4n) is 3.07. The maximum Gasteiger partial charge on any atom is 0.261 e. The normalized spacial score (nSPS) is 12.0. The molecule has 1 unspecified atom stereocenters. The van der Waals surface area contributed by atoms with Gasteiger partial charge in [-0.05, 0) is 55.5 Å². The van der Waals surface area contributed by atoms with E-state index in [0.717, 1.165) is 11.6 Å². The Morgan fingerprint density at radius 1 is 0.969 bits per heavy atom. The third kappa shape index (κ3) is 5.17. The van der Waals surface area contributed by atoms with Crippen LogP contribution in [0.3, 0.4) is 0 Å². The number of rotatable bonds is 8. The van der Waals surface area contributed by atoms with Crippen LogP contribution in [0.2, 0.25) is 0 Å². The predicted molar refractivity (Wildman–Crippen MR) is 119 cm³/mol. The number of nitrogens with one attached hydrogen (secondary N) is 2. The summed E-state index contributed by atoms with van der Waals surface area (Å²) < 4.78 is 51.6. The van der Waals surface area contributed by atoms with Gasteiger partial charge in [-0.15, -0.1) is 0 Å². The van der Waals surface area contributed by atoms with E-state index in [4.69, 9.17) is 9.47 Å². The molecule has 0 aromatic heterocycles. The van der Waals surface area contributed by atoms with Crippen LogP contribution in [0.5, 0.6) is 11.5 Å². The lowest BCUT2D eigenvalue weighted by molar-refractivity contribution is 0.0939. The van der Waals surface area contributed by atoms with Gasteiger partial charge in [0.2, 0.25) is 0 Å². The maximum absolute atomic E-state index is 13.8. The summed E-state index contributed by atoms with van der Waals surface area (Å²) in [7, 11) is -0.930. The Morgan fingerprint density at radius 2 is 1.66 bits per heavy atom. The van der Waals surface area contributed by atoms with E-state index in [2.05, 4.69) is 10.0 Å². The van der Waals surface area contributed by atoms with Gasteiger partial charge in [0.05, 0.1) is 30.8 Å². The first-order valence-corrected chi connectivity index (χ1v) is 11.1. The zero-order valence-electron chi connectivity index (χ0n) is 17.8. The molecule has 0 spiro atoms. The largest absolute Gasteiger partial charge is 0.497 e. The van der Waals surface area contributed by atoms with Crippen molar-refractivity contribution >= 4 is 21.6 Å². The van der Waals surface area contributed by atoms with Crippen molar-refractivity contribution in [1.82, 2.24) is 5.32 Å². The van der Waals surface area contributed by atoms with Gasteiger partial charge >= 0.3 is 0 Å². The standard InChI is InChI=1S/C23H23FN2O5S/c1-15(19-13-10-17(30-2)14-22(19)31-3)25-23(27)16-8-11-18(12-9-16)32(28,29)26-21-7-5-4-6-20(21)24/h4-15,26H,1-3H3,(H,25,27). The van der Waals surface area contributed by atoms with E-state index in [9.17, 15) is 17.6 Å². The third-order valence-corrected chi connectivity index (χ3v) is 6.18. The van der Waals surface area contributed by atoms with Crippen LogP contribution in [-0.2, 0) is 10.0 Å². The molecule has 0 aliphatic rings. The molecular weight excluding hydrogens is 435 g/mol. The number of halogens is 1. The number of sulfonamides is 1. The van der Waals surface area contributed by atoms with Gasteiger partial charge in [-0.2, -0.15) is 0 Å². The number of carbonyl (C=O) groups is 1. The van der Waals surface area contributed by atoms with Crippen molar-refractivity contribution < 1.29 is 27.1 Å². The molecule has 0 fully saturated rings. The number of hydrogen-bond donors (Lipinski definition) is 2. The van der Waals surface area contributed by atoms with E-state index >= 15 is 0 Å². The van der Waals surface area contributed by atoms with Crippen LogP contribution in [0.4, 0.5) is 10.1 Å². The second kappa shape index (κ2) is 9.69. The fourth-order valence-corrected chi connectivity index (χ4v) is 4.13. The van der Waals surface area contributed by atoms with Crippen molar-refractivity contribution in [2.45, 2.75) is 17.9 Å². The lowest BCUT2D eigenvalue weighted by Gasteiger charge is -2.18. The Hall–Kier alpha value is -3.59. The molecule has 0 heterocycles. The zero-order valence-corrected chi connectivity index (χ0v) is 18.6. The van der Waals surface area contributed by atoms with Crippen LogP contribution in [0, 0.1) is 5.82 Å². The zero-order chi connectivity index (χ0) is 23.3. The Labute approximate surface area is 186 Å². The van der Waals surface area contributed by atoms with Crippen molar-refractivity contribution in [1.29, 1.82) is 0 Å². The van der Waals surface area contributed by atoms with Gasteiger partial charge in [0.25, 0.3) is 15.9 Å². The Balaban J connectivity index is 1.73. The fraction of sp³-hybridized carbons (Fsp3) is 0.174. The van der Waals surface area contributed by atoms with E-state index in [1.807, 2.05) is 0 Å². The van der Waals surface area contributed by atoms with E-state index in [1.54, 1.807) is 32.2 Å². The van der Waals surface area contributed by atoms with Gasteiger partial charge in [0.15, 0.2) is 0 Å². The number of ether oxygens (including phenoxy) is 2. The third-order valence-electron chi connectivity index (χ3n) is 4.80. The number of amides is 1. The molecule has 0 aliphatic heterocycles. The van der Waals surface area contributed by atoms with E-state index in [1.165, 1.54) is 49.6 Å². The lowest BCUT2D eigenvalue weighted by Crippen LogP contribution is -2.27. The van der Waals surface area contributed by atoms with Crippen LogP contribution < -0.4 is 19.5 Å². The monoisotopic (exact) mass is 458 g/mol. The molecule has 7 nitrogen and oxygen atoms in total. The highest BCUT2D eigenvalue weighted by Crippen LogP contribution is 2.29. The second-order valence-electron chi connectivity index (χ2n) is 6.91. The Morgan fingerprint density at radius 3 is 2.28 bits per heavy atom. The summed E-state index contributed by atoms with van der Waals surface area (Å²) in [4.78, 5) is 12.6. The SMILES string of the molecule is COc1ccc(C(C)NC(=O)c2ccc(S(=O)(=O)Nc3ccccc3F)cc2)c(OC)c1. The molecule has 9 heteroatoms. The first-order valence-electron chi connectivity index (χ1n) is 9.65. The van der Waals surface area contributed by atoms with E-state index in [0.29, 0.717) is 11.5 Å². The van der Waals surface area contributed by atoms with Gasteiger partial charge in [-0.25, -0.2) is 12.8 Å². The van der Waals surface area contributed by atoms with Crippen LogP contribution in [0.25, 0.3) is 0 Å². The van der Waals surface area contributed by atoms with Crippen molar-refractivity contribution in [3.63, 3.8) is 0 Å². The minimum atomic E-state index is -4.01. The first kappa shape index (κ1) is 23.1. The molecule has 0 aliphatic carbocycles. The molecule has 2 N–H and O–H groups in total. The Bertz CT molecular complexity index is 1210. The van der Waals surface area contributed by atoms with Crippen molar-refractivity contribution in [2.24, 2.45) is 0 Å². The van der Waals surface area contributed by atoms with E-state index < -0.39 is 15.8 Å². The molecule has 3 aromatic carbocycles. The molecule has 0 radical (unpaired) electrons. The van der Waals surface area contributed by atoms with Crippen molar-refractivity contribution in [3.8, 4) is 11.5 Å². The smallest absolute Gasteiger partial charge is 0.261 e. The highest BCUT2D eigenvalue weighted by Gasteiger charge is 2.19. The van der Waals surface area contributed by atoms with Crippen molar-refractivity contribution in [3.05, 3.63) is 83.7 Å². The molecule has 1 atom stereocenters. The minimum absolute atomic E-state index is 0.0952. The highest BCUT2D eigenvalue weighted by atomic mass is 32.2. The van der Waals surface area contributed by atoms with Crippen LogP contribution >= 0.6 is 0 Å². The summed E-state index contributed by atoms with van der Waals surface area (Å²) in [5, 5.41) is 2.86. The van der Waals surface area contributed by atoms with Gasteiger partial charge in [0, 0.05) is 17.2 Å². The predicted octanol–water partition coefficient (Wildman–Crippen LogP) is 4.13.